The van der Waals surface area contributed by atoms with Crippen LogP contribution < -0.4 is 0 Å². The second-order valence-corrected chi connectivity index (χ2v) is 5.15. The molecule has 1 aromatic heterocycles. The Hall–Kier alpha value is -1.58. The van der Waals surface area contributed by atoms with Crippen molar-refractivity contribution in [3.05, 3.63) is 24.2 Å². The Balaban J connectivity index is 1.79. The third-order valence-corrected chi connectivity index (χ3v) is 4.11. The predicted octanol–water partition coefficient (Wildman–Crippen LogP) is 2.25. The van der Waals surface area contributed by atoms with Gasteiger partial charge in [-0.15, -0.1) is 0 Å². The summed E-state index contributed by atoms with van der Waals surface area (Å²) in [6, 6.07) is 3.50. The molecule has 4 nitrogen and oxygen atoms in total. The van der Waals surface area contributed by atoms with Gasteiger partial charge in [-0.25, -0.2) is 0 Å². The molecule has 18 heavy (non-hydrogen) atoms. The smallest absolute Gasteiger partial charge is 0.289 e. The number of hydrogen-bond acceptors (Lipinski definition) is 3. The van der Waals surface area contributed by atoms with E-state index in [9.17, 15) is 9.59 Å². The normalized spacial score (nSPS) is 28.0. The molecule has 2 heterocycles. The van der Waals surface area contributed by atoms with E-state index in [1.54, 1.807) is 12.1 Å². The molecule has 0 spiro atoms. The minimum Gasteiger partial charge on any atom is -0.459 e. The highest BCUT2D eigenvalue weighted by atomic mass is 16.3. The second kappa shape index (κ2) is 4.59. The molecule has 2 unspecified atom stereocenters. The van der Waals surface area contributed by atoms with Crippen LogP contribution in [-0.4, -0.2) is 29.2 Å². The number of amides is 1. The van der Waals surface area contributed by atoms with Crippen molar-refractivity contribution in [3.63, 3.8) is 0 Å². The average Bonchev–Trinajstić information content (AvgIpc) is 3.09. The average molecular weight is 247 g/mol. The highest BCUT2D eigenvalue weighted by Gasteiger charge is 2.40. The first kappa shape index (κ1) is 11.5. The highest BCUT2D eigenvalue weighted by Crippen LogP contribution is 2.34. The molecular weight excluding hydrogens is 230 g/mol. The van der Waals surface area contributed by atoms with E-state index in [1.807, 2.05) is 4.90 Å². The molecule has 2 aliphatic rings. The summed E-state index contributed by atoms with van der Waals surface area (Å²) in [6.45, 7) is 0.744. The fourth-order valence-corrected chi connectivity index (χ4v) is 3.25. The van der Waals surface area contributed by atoms with Crippen molar-refractivity contribution in [2.45, 2.75) is 38.1 Å². The van der Waals surface area contributed by atoms with Crippen molar-refractivity contribution in [1.29, 1.82) is 0 Å². The van der Waals surface area contributed by atoms with Crippen molar-refractivity contribution < 1.29 is 14.0 Å². The number of carbonyl (C=O) groups excluding carboxylic acids is 2. The van der Waals surface area contributed by atoms with Gasteiger partial charge in [0.25, 0.3) is 5.91 Å². The highest BCUT2D eigenvalue weighted by molar-refractivity contribution is 5.92. The lowest BCUT2D eigenvalue weighted by Gasteiger charge is -2.27. The summed E-state index contributed by atoms with van der Waals surface area (Å²) in [7, 11) is 0. The van der Waals surface area contributed by atoms with Crippen LogP contribution in [0.25, 0.3) is 0 Å². The zero-order chi connectivity index (χ0) is 12.5. The van der Waals surface area contributed by atoms with Gasteiger partial charge in [0.05, 0.1) is 6.26 Å². The molecule has 3 rings (SSSR count). The minimum atomic E-state index is -0.0674. The molecule has 96 valence electrons. The molecule has 0 N–H and O–H groups in total. The Labute approximate surface area is 106 Å². The van der Waals surface area contributed by atoms with E-state index in [0.717, 1.165) is 32.2 Å². The van der Waals surface area contributed by atoms with Crippen molar-refractivity contribution in [2.24, 2.45) is 5.92 Å². The summed E-state index contributed by atoms with van der Waals surface area (Å²) in [4.78, 5) is 26.0. The lowest BCUT2D eigenvalue weighted by atomic mass is 9.95. The zero-order valence-corrected chi connectivity index (χ0v) is 10.3. The molecule has 1 aliphatic heterocycles. The molecule has 1 aliphatic carbocycles. The van der Waals surface area contributed by atoms with Gasteiger partial charge >= 0.3 is 0 Å². The third kappa shape index (κ3) is 1.85. The maximum atomic E-state index is 12.3. The van der Waals surface area contributed by atoms with Crippen LogP contribution in [-0.2, 0) is 4.79 Å². The van der Waals surface area contributed by atoms with Crippen molar-refractivity contribution in [3.8, 4) is 0 Å². The summed E-state index contributed by atoms with van der Waals surface area (Å²) < 4.78 is 5.17. The molecule has 0 aromatic carbocycles. The number of furan rings is 1. The Kier molecular flexibility index (Phi) is 2.94. The van der Waals surface area contributed by atoms with Crippen molar-refractivity contribution in [2.75, 3.05) is 6.54 Å². The van der Waals surface area contributed by atoms with Gasteiger partial charge in [0.15, 0.2) is 5.76 Å². The fraction of sp³-hybridized carbons (Fsp3) is 0.571. The van der Waals surface area contributed by atoms with Gasteiger partial charge in [-0.05, 0) is 37.8 Å². The lowest BCUT2D eigenvalue weighted by Crippen LogP contribution is -2.41. The monoisotopic (exact) mass is 247 g/mol. The molecule has 1 saturated carbocycles. The van der Waals surface area contributed by atoms with Crippen LogP contribution in [0, 0.1) is 5.92 Å². The lowest BCUT2D eigenvalue weighted by molar-refractivity contribution is -0.121. The van der Waals surface area contributed by atoms with Crippen molar-refractivity contribution >= 4 is 11.7 Å². The Morgan fingerprint density at radius 1 is 1.33 bits per heavy atom. The van der Waals surface area contributed by atoms with E-state index in [-0.39, 0.29) is 17.9 Å². The number of likely N-dealkylation sites (tertiary alicyclic amines) is 1. The van der Waals surface area contributed by atoms with Crippen molar-refractivity contribution in [1.82, 2.24) is 4.90 Å². The van der Waals surface area contributed by atoms with Crippen LogP contribution in [0.5, 0.6) is 0 Å². The van der Waals surface area contributed by atoms with E-state index in [2.05, 4.69) is 0 Å². The molecule has 0 bridgehead atoms. The van der Waals surface area contributed by atoms with Gasteiger partial charge in [-0.1, -0.05) is 0 Å². The van der Waals surface area contributed by atoms with Gasteiger partial charge in [0, 0.05) is 24.9 Å². The van der Waals surface area contributed by atoms with E-state index in [0.29, 0.717) is 18.0 Å². The van der Waals surface area contributed by atoms with Crippen LogP contribution in [0.2, 0.25) is 0 Å². The number of Topliss-reactive ketones (excluding diaryl/α,β-unsaturated/α-hetero) is 1. The molecule has 4 heteroatoms. The number of rotatable bonds is 2. The summed E-state index contributed by atoms with van der Waals surface area (Å²) in [6.07, 6.45) is 6.04. The van der Waals surface area contributed by atoms with Crippen LogP contribution >= 0.6 is 0 Å². The summed E-state index contributed by atoms with van der Waals surface area (Å²) in [5.41, 5.74) is 0. The Morgan fingerprint density at radius 3 is 2.89 bits per heavy atom. The van der Waals surface area contributed by atoms with Crippen LogP contribution in [0.15, 0.2) is 22.8 Å². The first-order valence-electron chi connectivity index (χ1n) is 6.64. The predicted molar refractivity (Wildman–Crippen MR) is 65.1 cm³/mol. The number of ketones is 1. The number of nitrogens with zero attached hydrogens (tertiary/aromatic N) is 1. The first-order valence-corrected chi connectivity index (χ1v) is 6.64. The SMILES string of the molecule is O=C1CCCC1C1CCCN1C(=O)c1ccco1. The standard InChI is InChI=1S/C14H17NO3/c16-12-6-1-4-10(12)11-5-2-8-15(11)14(17)13-7-3-9-18-13/h3,7,9-11H,1-2,4-6,8H2. The maximum absolute atomic E-state index is 12.3. The van der Waals surface area contributed by atoms with Crippen LogP contribution in [0.3, 0.4) is 0 Å². The Bertz CT molecular complexity index is 452. The molecule has 2 atom stereocenters. The second-order valence-electron chi connectivity index (χ2n) is 5.15. The van der Waals surface area contributed by atoms with E-state index < -0.39 is 0 Å². The maximum Gasteiger partial charge on any atom is 0.289 e. The molecule has 1 saturated heterocycles. The first-order chi connectivity index (χ1) is 8.77. The summed E-state index contributed by atoms with van der Waals surface area (Å²) in [5, 5.41) is 0. The molecular formula is C14H17NO3. The molecule has 1 aromatic rings. The topological polar surface area (TPSA) is 50.5 Å². The van der Waals surface area contributed by atoms with Gasteiger partial charge in [0.2, 0.25) is 0 Å². The summed E-state index contributed by atoms with van der Waals surface area (Å²) in [5.74, 6) is 0.708. The third-order valence-electron chi connectivity index (χ3n) is 4.11. The number of hydrogen-bond donors (Lipinski definition) is 0. The van der Waals surface area contributed by atoms with Gasteiger partial charge in [-0.3, -0.25) is 9.59 Å². The van der Waals surface area contributed by atoms with E-state index >= 15 is 0 Å². The van der Waals surface area contributed by atoms with E-state index in [4.69, 9.17) is 4.42 Å². The van der Waals surface area contributed by atoms with Crippen LogP contribution in [0.4, 0.5) is 0 Å². The minimum absolute atomic E-state index is 0.0615. The van der Waals surface area contributed by atoms with Crippen LogP contribution in [0.1, 0.15) is 42.7 Å². The molecule has 0 radical (unpaired) electrons. The fourth-order valence-electron chi connectivity index (χ4n) is 3.25. The zero-order valence-electron chi connectivity index (χ0n) is 10.3. The molecule has 1 amide bonds. The van der Waals surface area contributed by atoms with Gasteiger partial charge < -0.3 is 9.32 Å². The van der Waals surface area contributed by atoms with Gasteiger partial charge in [-0.2, -0.15) is 0 Å². The Morgan fingerprint density at radius 2 is 2.22 bits per heavy atom. The largest absolute Gasteiger partial charge is 0.459 e. The summed E-state index contributed by atoms with van der Waals surface area (Å²) >= 11 is 0. The molecule has 2 fully saturated rings. The van der Waals surface area contributed by atoms with Gasteiger partial charge in [0.1, 0.15) is 5.78 Å². The number of carbonyl (C=O) groups is 2. The van der Waals surface area contributed by atoms with E-state index in [1.165, 1.54) is 6.26 Å². The quantitative estimate of drug-likeness (QED) is 0.805.